The highest BCUT2D eigenvalue weighted by Crippen LogP contribution is 2.49. The highest BCUT2D eigenvalue weighted by atomic mass is 19.1. The number of fused-ring (bicyclic) bond motifs is 5. The largest absolute Gasteiger partial charge is 0.488 e. The van der Waals surface area contributed by atoms with Gasteiger partial charge in [0.05, 0.1) is 11.1 Å². The molecule has 0 spiro atoms. The molecule has 7 rings (SSSR count). The van der Waals surface area contributed by atoms with Crippen LogP contribution in [0.15, 0.2) is 53.5 Å². The van der Waals surface area contributed by atoms with E-state index < -0.39 is 17.2 Å². The van der Waals surface area contributed by atoms with E-state index in [0.29, 0.717) is 48.4 Å². The van der Waals surface area contributed by atoms with Gasteiger partial charge in [0.1, 0.15) is 29.1 Å². The summed E-state index contributed by atoms with van der Waals surface area (Å²) in [5.74, 6) is 0.253. The van der Waals surface area contributed by atoms with Crippen LogP contribution >= 0.6 is 0 Å². The van der Waals surface area contributed by atoms with Crippen molar-refractivity contribution < 1.29 is 18.7 Å². The summed E-state index contributed by atoms with van der Waals surface area (Å²) in [6.07, 6.45) is 6.39. The third-order valence-corrected chi connectivity index (χ3v) is 9.43. The van der Waals surface area contributed by atoms with Gasteiger partial charge in [0, 0.05) is 37.0 Å². The van der Waals surface area contributed by atoms with Crippen molar-refractivity contribution in [2.45, 2.75) is 44.8 Å². The number of amides is 1. The molecule has 10 heteroatoms. The zero-order chi connectivity index (χ0) is 31.9. The second-order valence-electron chi connectivity index (χ2n) is 12.8. The molecule has 1 amide bonds. The number of halogens is 1. The molecule has 3 aromatic carbocycles. The van der Waals surface area contributed by atoms with Gasteiger partial charge in [-0.15, -0.1) is 0 Å². The van der Waals surface area contributed by atoms with Crippen molar-refractivity contribution in [3.8, 4) is 34.1 Å². The summed E-state index contributed by atoms with van der Waals surface area (Å²) in [5.41, 5.74) is 3.68. The van der Waals surface area contributed by atoms with Gasteiger partial charge in [-0.3, -0.25) is 9.59 Å². The average molecular weight is 626 g/mol. The second kappa shape index (κ2) is 12.4. The molecular weight excluding hydrogens is 585 g/mol. The Kier molecular flexibility index (Phi) is 8.16. The number of hydrogen-bond donors (Lipinski definition) is 2. The van der Waals surface area contributed by atoms with E-state index >= 15 is 4.39 Å². The quantitative estimate of drug-likeness (QED) is 0.191. The van der Waals surface area contributed by atoms with Crippen molar-refractivity contribution in [3.05, 3.63) is 75.8 Å². The van der Waals surface area contributed by atoms with Crippen molar-refractivity contribution in [1.29, 1.82) is 0 Å². The Morgan fingerprint density at radius 3 is 2.74 bits per heavy atom. The predicted octanol–water partition coefficient (Wildman–Crippen LogP) is 5.76. The minimum atomic E-state index is -0.604. The number of rotatable bonds is 10. The van der Waals surface area contributed by atoms with E-state index in [2.05, 4.69) is 33.5 Å². The number of nitrogens with one attached hydrogen (secondary N) is 2. The highest BCUT2D eigenvalue weighted by molar-refractivity contribution is 6.01. The first kappa shape index (κ1) is 30.3. The summed E-state index contributed by atoms with van der Waals surface area (Å²) in [5, 5.41) is 6.28. The summed E-state index contributed by atoms with van der Waals surface area (Å²) in [4.78, 5) is 31.8. The Morgan fingerprint density at radius 2 is 1.93 bits per heavy atom. The Morgan fingerprint density at radius 1 is 1.09 bits per heavy atom. The van der Waals surface area contributed by atoms with Crippen LogP contribution in [0.3, 0.4) is 0 Å². The highest BCUT2D eigenvalue weighted by Gasteiger charge is 2.31. The van der Waals surface area contributed by atoms with Crippen molar-refractivity contribution in [1.82, 2.24) is 19.7 Å². The maximum absolute atomic E-state index is 15.9. The minimum absolute atomic E-state index is 0.0377. The van der Waals surface area contributed by atoms with Gasteiger partial charge in [0.25, 0.3) is 5.91 Å². The van der Waals surface area contributed by atoms with Crippen molar-refractivity contribution in [2.24, 2.45) is 0 Å². The Labute approximate surface area is 267 Å². The number of likely N-dealkylation sites (tertiary alicyclic amines) is 1. The van der Waals surface area contributed by atoms with Gasteiger partial charge < -0.3 is 34.5 Å². The molecular formula is C36H40FN5O4. The van der Waals surface area contributed by atoms with E-state index in [1.165, 1.54) is 6.07 Å². The fraction of sp³-hybridized carbons (Fsp3) is 0.389. The topological polar surface area (TPSA) is 88.1 Å². The first-order valence-electron chi connectivity index (χ1n) is 16.2. The van der Waals surface area contributed by atoms with Crippen LogP contribution in [-0.4, -0.2) is 73.6 Å². The summed E-state index contributed by atoms with van der Waals surface area (Å²) in [7, 11) is 6.14. The van der Waals surface area contributed by atoms with Crippen LogP contribution in [0.1, 0.15) is 48.0 Å². The molecule has 0 saturated carbocycles. The van der Waals surface area contributed by atoms with Crippen LogP contribution in [0.2, 0.25) is 0 Å². The van der Waals surface area contributed by atoms with Crippen LogP contribution in [0.4, 0.5) is 10.1 Å². The third kappa shape index (κ3) is 5.49. The molecule has 1 saturated heterocycles. The molecule has 3 aliphatic heterocycles. The lowest BCUT2D eigenvalue weighted by Crippen LogP contribution is -2.34. The van der Waals surface area contributed by atoms with Gasteiger partial charge in [0.15, 0.2) is 17.3 Å². The Balaban J connectivity index is 1.31. The maximum Gasteiger partial charge on any atom is 0.256 e. The molecule has 1 fully saturated rings. The maximum atomic E-state index is 15.9. The number of ether oxygens (including phenoxy) is 2. The SMILES string of the molecule is CN(C)CCCCNc1c(F)cc2c(=O)c(C(=O)NCCC3CCCN3C)cn3c2c1Oc1cc2c(cc1-3)-c1ccccc1CO2. The van der Waals surface area contributed by atoms with E-state index in [1.807, 2.05) is 44.4 Å². The smallest absolute Gasteiger partial charge is 0.256 e. The Bertz CT molecular complexity index is 1890. The number of nitrogens with zero attached hydrogens (tertiary/aromatic N) is 3. The van der Waals surface area contributed by atoms with Gasteiger partial charge in [-0.1, -0.05) is 24.3 Å². The number of unbranched alkanes of at least 4 members (excludes halogenated alkanes) is 1. The number of carbonyl (C=O) groups excluding carboxylic acids is 1. The summed E-state index contributed by atoms with van der Waals surface area (Å²) < 4.78 is 30.2. The second-order valence-corrected chi connectivity index (χ2v) is 12.8. The summed E-state index contributed by atoms with van der Waals surface area (Å²) >= 11 is 0. The molecule has 1 atom stereocenters. The van der Waals surface area contributed by atoms with E-state index in [4.69, 9.17) is 9.47 Å². The molecule has 1 unspecified atom stereocenters. The van der Waals surface area contributed by atoms with E-state index in [0.717, 1.165) is 61.9 Å². The predicted molar refractivity (Wildman–Crippen MR) is 178 cm³/mol. The van der Waals surface area contributed by atoms with E-state index in [-0.39, 0.29) is 22.4 Å². The van der Waals surface area contributed by atoms with Gasteiger partial charge in [-0.25, -0.2) is 4.39 Å². The molecule has 1 aromatic heterocycles. The van der Waals surface area contributed by atoms with Crippen molar-refractivity contribution >= 4 is 22.5 Å². The first-order chi connectivity index (χ1) is 22.3. The number of anilines is 1. The normalized spacial score (nSPS) is 16.4. The average Bonchev–Trinajstić information content (AvgIpc) is 3.46. The van der Waals surface area contributed by atoms with Crippen LogP contribution in [0.25, 0.3) is 27.7 Å². The fourth-order valence-electron chi connectivity index (χ4n) is 6.92. The number of pyridine rings is 1. The van der Waals surface area contributed by atoms with Gasteiger partial charge in [0.2, 0.25) is 5.43 Å². The van der Waals surface area contributed by atoms with Crippen LogP contribution in [0.5, 0.6) is 17.2 Å². The molecule has 46 heavy (non-hydrogen) atoms. The number of benzene rings is 3. The van der Waals surface area contributed by atoms with Crippen molar-refractivity contribution in [2.75, 3.05) is 52.6 Å². The fourth-order valence-corrected chi connectivity index (χ4v) is 6.92. The zero-order valence-corrected chi connectivity index (χ0v) is 26.6. The standard InChI is InChI=1S/C36H40FN5O4/c1-40(2)15-7-6-13-38-32-28(37)17-26-33-35(32)46-31-19-30-25(24-11-5-4-9-22(24)21-45-30)18-29(31)42(33)20-27(34(26)43)36(44)39-14-12-23-10-8-16-41(23)3/h4-5,9,11,17-20,23,38H,6-8,10,12-16,21H2,1-3H3,(H,39,44). The Hall–Kier alpha value is -4.41. The lowest BCUT2D eigenvalue weighted by molar-refractivity contribution is 0.0949. The van der Waals surface area contributed by atoms with Gasteiger partial charge in [-0.05, 0) is 89.6 Å². The van der Waals surface area contributed by atoms with Crippen LogP contribution in [0, 0.1) is 5.82 Å². The monoisotopic (exact) mass is 625 g/mol. The summed E-state index contributed by atoms with van der Waals surface area (Å²) in [6.45, 7) is 3.38. The van der Waals surface area contributed by atoms with E-state index in [1.54, 1.807) is 10.8 Å². The summed E-state index contributed by atoms with van der Waals surface area (Å²) in [6, 6.07) is 13.5. The molecule has 240 valence electrons. The number of carbonyl (C=O) groups is 1. The first-order valence-corrected chi connectivity index (χ1v) is 16.2. The minimum Gasteiger partial charge on any atom is -0.488 e. The molecule has 3 aliphatic rings. The van der Waals surface area contributed by atoms with Crippen LogP contribution < -0.4 is 25.5 Å². The molecule has 0 aliphatic carbocycles. The molecule has 4 heterocycles. The lowest BCUT2D eigenvalue weighted by Gasteiger charge is -2.29. The molecule has 9 nitrogen and oxygen atoms in total. The van der Waals surface area contributed by atoms with Crippen LogP contribution in [-0.2, 0) is 6.61 Å². The molecule has 0 bridgehead atoms. The van der Waals surface area contributed by atoms with E-state index in [9.17, 15) is 9.59 Å². The van der Waals surface area contributed by atoms with Gasteiger partial charge in [-0.2, -0.15) is 0 Å². The molecule has 0 radical (unpaired) electrons. The number of hydrogen-bond acceptors (Lipinski definition) is 7. The number of aromatic nitrogens is 1. The van der Waals surface area contributed by atoms with Crippen molar-refractivity contribution in [3.63, 3.8) is 0 Å². The van der Waals surface area contributed by atoms with Gasteiger partial charge >= 0.3 is 0 Å². The molecule has 4 aromatic rings. The third-order valence-electron chi connectivity index (χ3n) is 9.43. The zero-order valence-electron chi connectivity index (χ0n) is 26.6. The lowest BCUT2D eigenvalue weighted by atomic mass is 9.95. The molecule has 2 N–H and O–H groups in total.